The fourth-order valence-electron chi connectivity index (χ4n) is 1.16. The minimum Gasteiger partial charge on any atom is -0.504 e. The summed E-state index contributed by atoms with van der Waals surface area (Å²) < 4.78 is 9.78. The molecule has 0 heterocycles. The Morgan fingerprint density at radius 3 is 2.57 bits per heavy atom. The third-order valence-electron chi connectivity index (χ3n) is 1.64. The lowest BCUT2D eigenvalue weighted by molar-refractivity contribution is -0.132. The van der Waals surface area contributed by atoms with Gasteiger partial charge in [0.15, 0.2) is 11.5 Å². The number of hydrogen-bond acceptors (Lipinski definition) is 4. The highest BCUT2D eigenvalue weighted by atomic mass is 16.6. The molecule has 1 rings (SSSR count). The molecule has 0 aromatic heterocycles. The summed E-state index contributed by atoms with van der Waals surface area (Å²) in [5.74, 6) is -0.0830. The molecule has 0 radical (unpaired) electrons. The number of hydrogen-bond donors (Lipinski definition) is 1. The number of phenolic OH excluding ortho intramolecular Hbond substituents is 1. The van der Waals surface area contributed by atoms with Crippen LogP contribution in [0.3, 0.4) is 0 Å². The molecular formula is C10H12O4. The molecule has 0 saturated carbocycles. The van der Waals surface area contributed by atoms with Gasteiger partial charge in [0, 0.05) is 6.92 Å². The van der Waals surface area contributed by atoms with Crippen molar-refractivity contribution in [3.8, 4) is 17.2 Å². The van der Waals surface area contributed by atoms with E-state index >= 15 is 0 Å². The summed E-state index contributed by atoms with van der Waals surface area (Å²) in [6, 6.07) is 3.16. The number of methoxy groups -OCH3 is 1. The van der Waals surface area contributed by atoms with Gasteiger partial charge in [-0.05, 0) is 24.6 Å². The predicted octanol–water partition coefficient (Wildman–Crippen LogP) is 1.63. The highest BCUT2D eigenvalue weighted by Crippen LogP contribution is 2.37. The van der Waals surface area contributed by atoms with Crippen LogP contribution in [0.2, 0.25) is 0 Å². The summed E-state index contributed by atoms with van der Waals surface area (Å²) in [7, 11) is 1.40. The van der Waals surface area contributed by atoms with Crippen LogP contribution >= 0.6 is 0 Å². The molecule has 4 heteroatoms. The van der Waals surface area contributed by atoms with Crippen molar-refractivity contribution in [3.05, 3.63) is 17.7 Å². The van der Waals surface area contributed by atoms with Gasteiger partial charge in [0.2, 0.25) is 5.75 Å². The number of carbonyl (C=O) groups excluding carboxylic acids is 1. The van der Waals surface area contributed by atoms with Crippen molar-refractivity contribution >= 4 is 5.97 Å². The van der Waals surface area contributed by atoms with Gasteiger partial charge in [-0.2, -0.15) is 0 Å². The summed E-state index contributed by atoms with van der Waals surface area (Å²) >= 11 is 0. The predicted molar refractivity (Wildman–Crippen MR) is 50.7 cm³/mol. The maximum absolute atomic E-state index is 10.7. The fraction of sp³-hybridized carbons (Fsp3) is 0.300. The van der Waals surface area contributed by atoms with Crippen molar-refractivity contribution in [2.24, 2.45) is 0 Å². The molecule has 0 aliphatic carbocycles. The summed E-state index contributed by atoms with van der Waals surface area (Å²) in [6.45, 7) is 3.07. The minimum atomic E-state index is -0.451. The van der Waals surface area contributed by atoms with Crippen LogP contribution in [0.1, 0.15) is 12.5 Å². The van der Waals surface area contributed by atoms with E-state index in [0.29, 0.717) is 0 Å². The van der Waals surface area contributed by atoms with Crippen LogP contribution in [0, 0.1) is 6.92 Å². The highest BCUT2D eigenvalue weighted by Gasteiger charge is 2.12. The molecule has 1 N–H and O–H groups in total. The van der Waals surface area contributed by atoms with Gasteiger partial charge in [0.05, 0.1) is 7.11 Å². The van der Waals surface area contributed by atoms with Crippen molar-refractivity contribution in [2.75, 3.05) is 7.11 Å². The Bertz CT molecular complexity index is 357. The fourth-order valence-corrected chi connectivity index (χ4v) is 1.16. The van der Waals surface area contributed by atoms with E-state index in [1.165, 1.54) is 20.1 Å². The number of aromatic hydroxyl groups is 1. The third-order valence-corrected chi connectivity index (χ3v) is 1.64. The van der Waals surface area contributed by atoms with Gasteiger partial charge in [-0.25, -0.2) is 0 Å². The lowest BCUT2D eigenvalue weighted by Gasteiger charge is -2.10. The van der Waals surface area contributed by atoms with Crippen LogP contribution in [0.5, 0.6) is 17.2 Å². The molecule has 0 aliphatic rings. The summed E-state index contributed by atoms with van der Waals surface area (Å²) in [5, 5.41) is 9.47. The van der Waals surface area contributed by atoms with Gasteiger partial charge in [-0.3, -0.25) is 4.79 Å². The topological polar surface area (TPSA) is 55.8 Å². The van der Waals surface area contributed by atoms with Gasteiger partial charge in [0.25, 0.3) is 0 Å². The molecule has 0 aliphatic heterocycles. The first kappa shape index (κ1) is 10.4. The van der Waals surface area contributed by atoms with Gasteiger partial charge in [-0.15, -0.1) is 0 Å². The number of carbonyl (C=O) groups is 1. The zero-order valence-corrected chi connectivity index (χ0v) is 8.33. The standard InChI is InChI=1S/C10H12O4/c1-6-4-8(12)10(13-3)9(5-6)14-7(2)11/h4-5,12H,1-3H3. The second-order valence-electron chi connectivity index (χ2n) is 2.91. The average molecular weight is 196 g/mol. The lowest BCUT2D eigenvalue weighted by atomic mass is 10.2. The first-order valence-electron chi connectivity index (χ1n) is 4.10. The van der Waals surface area contributed by atoms with E-state index in [-0.39, 0.29) is 17.2 Å². The molecule has 76 valence electrons. The number of esters is 1. The Balaban J connectivity index is 3.17. The molecule has 0 spiro atoms. The number of ether oxygens (including phenoxy) is 2. The van der Waals surface area contributed by atoms with E-state index in [9.17, 15) is 9.90 Å². The maximum atomic E-state index is 10.7. The maximum Gasteiger partial charge on any atom is 0.308 e. The number of phenols is 1. The van der Waals surface area contributed by atoms with E-state index < -0.39 is 5.97 Å². The van der Waals surface area contributed by atoms with E-state index in [1.807, 2.05) is 0 Å². The number of aryl methyl sites for hydroxylation is 1. The third kappa shape index (κ3) is 2.16. The first-order valence-corrected chi connectivity index (χ1v) is 4.10. The average Bonchev–Trinajstić information content (AvgIpc) is 2.01. The summed E-state index contributed by atoms with van der Waals surface area (Å²) in [6.07, 6.45) is 0. The summed E-state index contributed by atoms with van der Waals surface area (Å²) in [4.78, 5) is 10.7. The SMILES string of the molecule is COc1c(O)cc(C)cc1OC(C)=O. The van der Waals surface area contributed by atoms with Gasteiger partial charge < -0.3 is 14.6 Å². The quantitative estimate of drug-likeness (QED) is 0.577. The molecule has 0 saturated heterocycles. The van der Waals surface area contributed by atoms with Crippen molar-refractivity contribution in [1.82, 2.24) is 0 Å². The van der Waals surface area contributed by atoms with E-state index in [4.69, 9.17) is 9.47 Å². The van der Waals surface area contributed by atoms with Crippen molar-refractivity contribution in [3.63, 3.8) is 0 Å². The van der Waals surface area contributed by atoms with Crippen LogP contribution in [-0.2, 0) is 4.79 Å². The first-order chi connectivity index (χ1) is 6.54. The molecule has 0 bridgehead atoms. The van der Waals surface area contributed by atoms with Crippen molar-refractivity contribution in [1.29, 1.82) is 0 Å². The van der Waals surface area contributed by atoms with Crippen LogP contribution in [-0.4, -0.2) is 18.2 Å². The molecular weight excluding hydrogens is 184 g/mol. The van der Waals surface area contributed by atoms with E-state index in [1.54, 1.807) is 13.0 Å². The molecule has 0 unspecified atom stereocenters. The van der Waals surface area contributed by atoms with Gasteiger partial charge >= 0.3 is 5.97 Å². The second kappa shape index (κ2) is 4.00. The van der Waals surface area contributed by atoms with Crippen LogP contribution in [0.25, 0.3) is 0 Å². The Hall–Kier alpha value is -1.71. The molecule has 4 nitrogen and oxygen atoms in total. The molecule has 1 aromatic rings. The Kier molecular flexibility index (Phi) is 2.96. The lowest BCUT2D eigenvalue weighted by Crippen LogP contribution is -2.03. The summed E-state index contributed by atoms with van der Waals surface area (Å²) in [5.41, 5.74) is 0.791. The van der Waals surface area contributed by atoms with Gasteiger partial charge in [0.1, 0.15) is 0 Å². The molecule has 1 aromatic carbocycles. The van der Waals surface area contributed by atoms with E-state index in [2.05, 4.69) is 0 Å². The molecule has 0 fully saturated rings. The van der Waals surface area contributed by atoms with E-state index in [0.717, 1.165) is 5.56 Å². The van der Waals surface area contributed by atoms with Crippen molar-refractivity contribution in [2.45, 2.75) is 13.8 Å². The normalized spacial score (nSPS) is 9.64. The minimum absolute atomic E-state index is 0.0382. The largest absolute Gasteiger partial charge is 0.504 e. The zero-order chi connectivity index (χ0) is 10.7. The van der Waals surface area contributed by atoms with Crippen LogP contribution in [0.15, 0.2) is 12.1 Å². The van der Waals surface area contributed by atoms with Crippen molar-refractivity contribution < 1.29 is 19.4 Å². The molecule has 14 heavy (non-hydrogen) atoms. The Morgan fingerprint density at radius 2 is 2.07 bits per heavy atom. The molecule has 0 amide bonds. The zero-order valence-electron chi connectivity index (χ0n) is 8.33. The smallest absolute Gasteiger partial charge is 0.308 e. The number of benzene rings is 1. The van der Waals surface area contributed by atoms with Crippen LogP contribution < -0.4 is 9.47 Å². The Labute approximate surface area is 82.1 Å². The second-order valence-corrected chi connectivity index (χ2v) is 2.91. The number of rotatable bonds is 2. The highest BCUT2D eigenvalue weighted by molar-refractivity contribution is 5.71. The Morgan fingerprint density at radius 1 is 1.43 bits per heavy atom. The molecule has 0 atom stereocenters. The monoisotopic (exact) mass is 196 g/mol. The van der Waals surface area contributed by atoms with Gasteiger partial charge in [-0.1, -0.05) is 0 Å². The van der Waals surface area contributed by atoms with Crippen LogP contribution in [0.4, 0.5) is 0 Å².